The zero-order valence-electron chi connectivity index (χ0n) is 13.6. The molecular formula is C16H26N2O4. The fraction of sp³-hybridized carbons (Fsp3) is 0.562. The molecule has 0 spiro atoms. The molecule has 0 aliphatic heterocycles. The van der Waals surface area contributed by atoms with E-state index in [2.05, 4.69) is 5.32 Å². The first-order valence-electron chi connectivity index (χ1n) is 7.31. The molecule has 0 aliphatic carbocycles. The highest BCUT2D eigenvalue weighted by Gasteiger charge is 2.25. The Morgan fingerprint density at radius 3 is 2.55 bits per heavy atom. The third-order valence-corrected chi connectivity index (χ3v) is 3.12. The second-order valence-corrected chi connectivity index (χ2v) is 6.32. The zero-order valence-corrected chi connectivity index (χ0v) is 13.6. The first kappa shape index (κ1) is 18.3. The molecule has 2 atom stereocenters. The van der Waals surface area contributed by atoms with Crippen molar-refractivity contribution in [2.45, 2.75) is 51.9 Å². The lowest BCUT2D eigenvalue weighted by atomic mass is 9.98. The number of aliphatic hydroxyl groups excluding tert-OH is 1. The average molecular weight is 310 g/mol. The van der Waals surface area contributed by atoms with Crippen LogP contribution in [0.15, 0.2) is 18.2 Å². The lowest BCUT2D eigenvalue weighted by Gasteiger charge is -2.27. The summed E-state index contributed by atoms with van der Waals surface area (Å²) in [6.45, 7) is 7.36. The Bertz CT molecular complexity index is 511. The summed E-state index contributed by atoms with van der Waals surface area (Å²) in [5.74, 6) is 0.159. The number of carbonyl (C=O) groups is 1. The number of carbonyl (C=O) groups excluding carboxylic acids is 1. The van der Waals surface area contributed by atoms with E-state index in [1.807, 2.05) is 0 Å². The van der Waals surface area contributed by atoms with Gasteiger partial charge in [0.25, 0.3) is 0 Å². The van der Waals surface area contributed by atoms with Crippen molar-refractivity contribution in [1.82, 2.24) is 5.32 Å². The predicted molar refractivity (Wildman–Crippen MR) is 84.6 cm³/mol. The van der Waals surface area contributed by atoms with Crippen LogP contribution in [0.3, 0.4) is 0 Å². The van der Waals surface area contributed by atoms with E-state index in [0.717, 1.165) is 0 Å². The van der Waals surface area contributed by atoms with Crippen LogP contribution < -0.4 is 11.1 Å². The Hall–Kier alpha value is -1.79. The predicted octanol–water partition coefficient (Wildman–Crippen LogP) is 1.98. The SMILES string of the molecule is Cc1cc(C(O)C(CCN)NC(=O)OC(C)(C)C)ccc1O. The number of benzene rings is 1. The Labute approximate surface area is 131 Å². The van der Waals surface area contributed by atoms with Crippen LogP contribution in [-0.4, -0.2) is 34.5 Å². The number of alkyl carbamates (subject to hydrolysis) is 1. The summed E-state index contributed by atoms with van der Waals surface area (Å²) >= 11 is 0. The summed E-state index contributed by atoms with van der Waals surface area (Å²) in [6, 6.07) is 4.25. The highest BCUT2D eigenvalue weighted by molar-refractivity contribution is 5.68. The Balaban J connectivity index is 2.84. The van der Waals surface area contributed by atoms with Gasteiger partial charge >= 0.3 is 6.09 Å². The van der Waals surface area contributed by atoms with Crippen molar-refractivity contribution in [2.75, 3.05) is 6.54 Å². The van der Waals surface area contributed by atoms with Crippen LogP contribution in [0.25, 0.3) is 0 Å². The smallest absolute Gasteiger partial charge is 0.407 e. The van der Waals surface area contributed by atoms with E-state index < -0.39 is 23.8 Å². The summed E-state index contributed by atoms with van der Waals surface area (Å²) in [4.78, 5) is 11.9. The van der Waals surface area contributed by atoms with Crippen molar-refractivity contribution in [3.8, 4) is 5.75 Å². The number of amides is 1. The molecule has 0 radical (unpaired) electrons. The molecule has 0 saturated heterocycles. The van der Waals surface area contributed by atoms with Gasteiger partial charge in [0.15, 0.2) is 0 Å². The molecule has 0 saturated carbocycles. The summed E-state index contributed by atoms with van der Waals surface area (Å²) in [6.07, 6.45) is -1.13. The van der Waals surface area contributed by atoms with Gasteiger partial charge in [0.1, 0.15) is 11.4 Å². The molecular weight excluding hydrogens is 284 g/mol. The Morgan fingerprint density at radius 2 is 2.05 bits per heavy atom. The van der Waals surface area contributed by atoms with Crippen LogP contribution in [0.4, 0.5) is 4.79 Å². The topological polar surface area (TPSA) is 105 Å². The highest BCUT2D eigenvalue weighted by atomic mass is 16.6. The van der Waals surface area contributed by atoms with Crippen LogP contribution in [0.1, 0.15) is 44.4 Å². The first-order valence-corrected chi connectivity index (χ1v) is 7.31. The van der Waals surface area contributed by atoms with Gasteiger partial charge in [-0.1, -0.05) is 6.07 Å². The van der Waals surface area contributed by atoms with Crippen LogP contribution in [0, 0.1) is 6.92 Å². The van der Waals surface area contributed by atoms with Crippen LogP contribution in [-0.2, 0) is 4.74 Å². The molecule has 0 heterocycles. The fourth-order valence-electron chi connectivity index (χ4n) is 2.04. The average Bonchev–Trinajstić information content (AvgIpc) is 2.38. The highest BCUT2D eigenvalue weighted by Crippen LogP contribution is 2.24. The van der Waals surface area contributed by atoms with Crippen molar-refractivity contribution in [3.05, 3.63) is 29.3 Å². The molecule has 5 N–H and O–H groups in total. The minimum absolute atomic E-state index is 0.159. The van der Waals surface area contributed by atoms with Gasteiger partial charge < -0.3 is 26.0 Å². The second-order valence-electron chi connectivity index (χ2n) is 6.32. The van der Waals surface area contributed by atoms with Gasteiger partial charge in [-0.2, -0.15) is 0 Å². The normalized spacial score (nSPS) is 14.3. The van der Waals surface area contributed by atoms with Crippen molar-refractivity contribution < 1.29 is 19.7 Å². The lowest BCUT2D eigenvalue weighted by Crippen LogP contribution is -2.43. The molecule has 22 heavy (non-hydrogen) atoms. The molecule has 0 aromatic heterocycles. The van der Waals surface area contributed by atoms with Gasteiger partial charge in [-0.05, 0) is 63.9 Å². The third-order valence-electron chi connectivity index (χ3n) is 3.12. The quantitative estimate of drug-likeness (QED) is 0.665. The Morgan fingerprint density at radius 1 is 1.41 bits per heavy atom. The number of rotatable bonds is 5. The number of aromatic hydroxyl groups is 1. The van der Waals surface area contributed by atoms with Gasteiger partial charge in [0.05, 0.1) is 12.1 Å². The minimum atomic E-state index is -0.935. The van der Waals surface area contributed by atoms with E-state index in [1.165, 1.54) is 6.07 Å². The van der Waals surface area contributed by atoms with Crippen molar-refractivity contribution >= 4 is 6.09 Å². The van der Waals surface area contributed by atoms with Gasteiger partial charge in [-0.15, -0.1) is 0 Å². The lowest BCUT2D eigenvalue weighted by molar-refractivity contribution is 0.0415. The molecule has 1 amide bonds. The summed E-state index contributed by atoms with van der Waals surface area (Å²) < 4.78 is 5.20. The number of aryl methyl sites for hydroxylation is 1. The number of hydrogen-bond acceptors (Lipinski definition) is 5. The number of phenols is 1. The van der Waals surface area contributed by atoms with E-state index in [-0.39, 0.29) is 5.75 Å². The number of phenolic OH excluding ortho intramolecular Hbond substituents is 1. The van der Waals surface area contributed by atoms with Gasteiger partial charge in [-0.3, -0.25) is 0 Å². The number of aliphatic hydroxyl groups is 1. The molecule has 1 rings (SSSR count). The monoisotopic (exact) mass is 310 g/mol. The minimum Gasteiger partial charge on any atom is -0.508 e. The van der Waals surface area contributed by atoms with Gasteiger partial charge in [0.2, 0.25) is 0 Å². The number of ether oxygens (including phenoxy) is 1. The maximum Gasteiger partial charge on any atom is 0.407 e. The molecule has 1 aromatic rings. The second kappa shape index (κ2) is 7.47. The van der Waals surface area contributed by atoms with E-state index in [1.54, 1.807) is 39.8 Å². The third kappa shape index (κ3) is 5.54. The molecule has 1 aromatic carbocycles. The standard InChI is InChI=1S/C16H26N2O4/c1-10-9-11(5-6-13(10)19)14(20)12(7-8-17)18-15(21)22-16(2,3)4/h5-6,9,12,14,19-20H,7-8,17H2,1-4H3,(H,18,21). The summed E-state index contributed by atoms with van der Waals surface area (Å²) in [7, 11) is 0. The van der Waals surface area contributed by atoms with Crippen molar-refractivity contribution in [2.24, 2.45) is 5.73 Å². The maximum absolute atomic E-state index is 11.9. The van der Waals surface area contributed by atoms with E-state index in [9.17, 15) is 15.0 Å². The molecule has 0 aliphatic rings. The van der Waals surface area contributed by atoms with E-state index in [4.69, 9.17) is 10.5 Å². The van der Waals surface area contributed by atoms with E-state index in [0.29, 0.717) is 24.1 Å². The number of hydrogen-bond donors (Lipinski definition) is 4. The Kier molecular flexibility index (Phi) is 6.20. The molecule has 124 valence electrons. The first-order chi connectivity index (χ1) is 10.1. The molecule has 6 nitrogen and oxygen atoms in total. The van der Waals surface area contributed by atoms with Gasteiger partial charge in [0, 0.05) is 0 Å². The zero-order chi connectivity index (χ0) is 16.9. The summed E-state index contributed by atoms with van der Waals surface area (Å²) in [5.41, 5.74) is 6.20. The molecule has 6 heteroatoms. The van der Waals surface area contributed by atoms with Crippen molar-refractivity contribution in [3.63, 3.8) is 0 Å². The molecule has 0 fully saturated rings. The molecule has 2 unspecified atom stereocenters. The largest absolute Gasteiger partial charge is 0.508 e. The van der Waals surface area contributed by atoms with E-state index >= 15 is 0 Å². The van der Waals surface area contributed by atoms with Crippen LogP contribution in [0.2, 0.25) is 0 Å². The van der Waals surface area contributed by atoms with Crippen LogP contribution >= 0.6 is 0 Å². The number of nitrogens with two attached hydrogens (primary N) is 1. The van der Waals surface area contributed by atoms with Crippen molar-refractivity contribution in [1.29, 1.82) is 0 Å². The van der Waals surface area contributed by atoms with Gasteiger partial charge in [-0.25, -0.2) is 4.79 Å². The maximum atomic E-state index is 11.9. The fourth-order valence-corrected chi connectivity index (χ4v) is 2.04. The van der Waals surface area contributed by atoms with Crippen LogP contribution in [0.5, 0.6) is 5.75 Å². The summed E-state index contributed by atoms with van der Waals surface area (Å²) in [5, 5.41) is 22.7. The number of nitrogens with one attached hydrogen (secondary N) is 1. The molecule has 0 bridgehead atoms.